The Balaban J connectivity index is 1.48. The van der Waals surface area contributed by atoms with Gasteiger partial charge in [-0.2, -0.15) is 5.10 Å². The van der Waals surface area contributed by atoms with E-state index >= 15 is 0 Å². The van der Waals surface area contributed by atoms with Crippen LogP contribution in [0.25, 0.3) is 0 Å². The second kappa shape index (κ2) is 4.91. The molecule has 0 radical (unpaired) electrons. The van der Waals surface area contributed by atoms with Gasteiger partial charge < -0.3 is 10.1 Å². The molecular weight excluding hydrogens is 238 g/mol. The van der Waals surface area contributed by atoms with E-state index in [0.717, 1.165) is 44.5 Å². The van der Waals surface area contributed by atoms with Crippen molar-refractivity contribution in [3.8, 4) is 0 Å². The van der Waals surface area contributed by atoms with Crippen LogP contribution in [0.15, 0.2) is 0 Å². The minimum Gasteiger partial charge on any atom is -0.375 e. The molecule has 0 spiro atoms. The molecule has 0 bridgehead atoms. The van der Waals surface area contributed by atoms with Crippen molar-refractivity contribution in [2.24, 2.45) is 11.8 Å². The van der Waals surface area contributed by atoms with E-state index in [-0.39, 0.29) is 0 Å². The highest BCUT2D eigenvalue weighted by atomic mass is 16.5. The number of nitrogens with one attached hydrogen (secondary N) is 1. The summed E-state index contributed by atoms with van der Waals surface area (Å²) >= 11 is 0. The summed E-state index contributed by atoms with van der Waals surface area (Å²) in [4.78, 5) is 0. The van der Waals surface area contributed by atoms with Gasteiger partial charge in [0.1, 0.15) is 0 Å². The van der Waals surface area contributed by atoms with Crippen LogP contribution in [0.1, 0.15) is 42.6 Å². The fraction of sp³-hybridized carbons (Fsp3) is 0.800. The summed E-state index contributed by atoms with van der Waals surface area (Å²) in [6, 6.07) is 0. The van der Waals surface area contributed by atoms with Gasteiger partial charge in [0.2, 0.25) is 0 Å². The quantitative estimate of drug-likeness (QED) is 0.849. The first kappa shape index (κ1) is 11.9. The summed E-state index contributed by atoms with van der Waals surface area (Å²) in [6.45, 7) is 4.83. The standard InChI is InChI=1S/C15H23N3O/c1-2-11(1)8-18-15-5-6-16-7-13(15)14(17-18)10-19-9-12-3-4-12/h11-12,16H,1-10H2. The van der Waals surface area contributed by atoms with Gasteiger partial charge in [0, 0.05) is 43.9 Å². The highest BCUT2D eigenvalue weighted by Crippen LogP contribution is 2.32. The molecule has 0 unspecified atom stereocenters. The van der Waals surface area contributed by atoms with Gasteiger partial charge in [-0.25, -0.2) is 0 Å². The van der Waals surface area contributed by atoms with Crippen LogP contribution in [0.4, 0.5) is 0 Å². The van der Waals surface area contributed by atoms with Crippen LogP contribution in [0.5, 0.6) is 0 Å². The van der Waals surface area contributed by atoms with Crippen molar-refractivity contribution in [3.63, 3.8) is 0 Å². The molecule has 4 heteroatoms. The lowest BCUT2D eigenvalue weighted by Gasteiger charge is -2.15. The highest BCUT2D eigenvalue weighted by molar-refractivity contribution is 5.28. The minimum absolute atomic E-state index is 0.707. The summed E-state index contributed by atoms with van der Waals surface area (Å²) in [5.41, 5.74) is 4.07. The number of hydrogen-bond acceptors (Lipinski definition) is 3. The first-order chi connectivity index (χ1) is 9.40. The molecule has 0 aromatic carbocycles. The van der Waals surface area contributed by atoms with Gasteiger partial charge in [-0.15, -0.1) is 0 Å². The van der Waals surface area contributed by atoms with Crippen molar-refractivity contribution < 1.29 is 4.74 Å². The van der Waals surface area contributed by atoms with Crippen molar-refractivity contribution in [3.05, 3.63) is 17.0 Å². The minimum atomic E-state index is 0.707. The van der Waals surface area contributed by atoms with E-state index in [1.807, 2.05) is 0 Å². The first-order valence-electron chi connectivity index (χ1n) is 7.76. The zero-order valence-corrected chi connectivity index (χ0v) is 11.5. The van der Waals surface area contributed by atoms with Crippen molar-refractivity contribution in [2.45, 2.75) is 51.8 Å². The molecule has 4 rings (SSSR count). The summed E-state index contributed by atoms with van der Waals surface area (Å²) in [6.07, 6.45) is 6.62. The maximum absolute atomic E-state index is 5.84. The molecule has 2 aliphatic carbocycles. The van der Waals surface area contributed by atoms with Crippen LogP contribution in [-0.4, -0.2) is 22.9 Å². The average Bonchev–Trinajstić information content (AvgIpc) is 3.32. The zero-order valence-electron chi connectivity index (χ0n) is 11.5. The molecule has 19 heavy (non-hydrogen) atoms. The molecule has 104 valence electrons. The number of fused-ring (bicyclic) bond motifs is 1. The Bertz CT molecular complexity index is 460. The van der Waals surface area contributed by atoms with E-state index in [1.54, 1.807) is 0 Å². The number of hydrogen-bond donors (Lipinski definition) is 1. The highest BCUT2D eigenvalue weighted by Gasteiger charge is 2.27. The normalized spacial score (nSPS) is 22.5. The average molecular weight is 261 g/mol. The predicted octanol–water partition coefficient (Wildman–Crippen LogP) is 1.87. The van der Waals surface area contributed by atoms with E-state index < -0.39 is 0 Å². The second-order valence-electron chi connectivity index (χ2n) is 6.38. The molecule has 1 aromatic rings. The van der Waals surface area contributed by atoms with Crippen LogP contribution in [0.3, 0.4) is 0 Å². The van der Waals surface area contributed by atoms with Crippen LogP contribution in [0, 0.1) is 11.8 Å². The van der Waals surface area contributed by atoms with Crippen molar-refractivity contribution in [2.75, 3.05) is 13.2 Å². The summed E-state index contributed by atoms with van der Waals surface area (Å²) in [5, 5.41) is 8.31. The molecule has 0 amide bonds. The Morgan fingerprint density at radius 3 is 2.84 bits per heavy atom. The van der Waals surface area contributed by atoms with Crippen molar-refractivity contribution in [1.29, 1.82) is 0 Å². The van der Waals surface area contributed by atoms with Gasteiger partial charge in [0.15, 0.2) is 0 Å². The Morgan fingerprint density at radius 2 is 2.05 bits per heavy atom. The molecule has 2 fully saturated rings. The second-order valence-corrected chi connectivity index (χ2v) is 6.38. The lowest BCUT2D eigenvalue weighted by molar-refractivity contribution is 0.107. The van der Waals surface area contributed by atoms with Gasteiger partial charge in [-0.3, -0.25) is 4.68 Å². The maximum Gasteiger partial charge on any atom is 0.0929 e. The van der Waals surface area contributed by atoms with E-state index in [0.29, 0.717) is 6.61 Å². The molecule has 4 nitrogen and oxygen atoms in total. The number of nitrogens with zero attached hydrogens (tertiary/aromatic N) is 2. The topological polar surface area (TPSA) is 39.1 Å². The Kier molecular flexibility index (Phi) is 3.08. The molecule has 1 aliphatic heterocycles. The van der Waals surface area contributed by atoms with Crippen LogP contribution in [-0.2, 0) is 30.9 Å². The van der Waals surface area contributed by atoms with Crippen molar-refractivity contribution in [1.82, 2.24) is 15.1 Å². The van der Waals surface area contributed by atoms with Gasteiger partial charge in [0.05, 0.1) is 12.3 Å². The molecular formula is C15H23N3O. The SMILES string of the molecule is C1Cc2c(c(COCC3CC3)nn2CC2CC2)CN1. The predicted molar refractivity (Wildman–Crippen MR) is 72.7 cm³/mol. The van der Waals surface area contributed by atoms with E-state index in [2.05, 4.69) is 10.00 Å². The van der Waals surface area contributed by atoms with Gasteiger partial charge >= 0.3 is 0 Å². The molecule has 3 aliphatic rings. The molecule has 0 atom stereocenters. The fourth-order valence-electron chi connectivity index (χ4n) is 2.91. The molecule has 1 N–H and O–H groups in total. The molecule has 2 saturated carbocycles. The van der Waals surface area contributed by atoms with Crippen LogP contribution < -0.4 is 5.32 Å². The number of aromatic nitrogens is 2. The third kappa shape index (κ3) is 2.70. The van der Waals surface area contributed by atoms with Crippen LogP contribution >= 0.6 is 0 Å². The molecule has 0 saturated heterocycles. The summed E-state index contributed by atoms with van der Waals surface area (Å²) in [5.74, 6) is 1.72. The summed E-state index contributed by atoms with van der Waals surface area (Å²) in [7, 11) is 0. The number of ether oxygens (including phenoxy) is 1. The first-order valence-corrected chi connectivity index (χ1v) is 7.76. The molecule has 2 heterocycles. The Hall–Kier alpha value is -0.870. The largest absolute Gasteiger partial charge is 0.375 e. The van der Waals surface area contributed by atoms with Crippen LogP contribution in [0.2, 0.25) is 0 Å². The third-order valence-electron chi connectivity index (χ3n) is 4.51. The van der Waals surface area contributed by atoms with Gasteiger partial charge in [-0.05, 0) is 37.5 Å². The van der Waals surface area contributed by atoms with E-state index in [9.17, 15) is 0 Å². The van der Waals surface area contributed by atoms with E-state index in [1.165, 1.54) is 42.6 Å². The monoisotopic (exact) mass is 261 g/mol. The zero-order chi connectivity index (χ0) is 12.7. The third-order valence-corrected chi connectivity index (χ3v) is 4.51. The Morgan fingerprint density at radius 1 is 1.21 bits per heavy atom. The fourth-order valence-corrected chi connectivity index (χ4v) is 2.91. The Labute approximate surface area is 114 Å². The van der Waals surface area contributed by atoms with Gasteiger partial charge in [-0.1, -0.05) is 0 Å². The molecule has 1 aromatic heterocycles. The smallest absolute Gasteiger partial charge is 0.0929 e. The maximum atomic E-state index is 5.84. The van der Waals surface area contributed by atoms with Gasteiger partial charge in [0.25, 0.3) is 0 Å². The van der Waals surface area contributed by atoms with Crippen molar-refractivity contribution >= 4 is 0 Å². The van der Waals surface area contributed by atoms with E-state index in [4.69, 9.17) is 9.84 Å². The lowest BCUT2D eigenvalue weighted by atomic mass is 10.1. The lowest BCUT2D eigenvalue weighted by Crippen LogP contribution is -2.25. The summed E-state index contributed by atoms with van der Waals surface area (Å²) < 4.78 is 8.12. The number of rotatable bonds is 6.